The minimum Gasteiger partial charge on any atom is -0.130 e. The van der Waals surface area contributed by atoms with Crippen molar-refractivity contribution in [1.29, 1.82) is 0 Å². The third-order valence-corrected chi connectivity index (χ3v) is 6.79. The largest absolute Gasteiger partial charge is 0.130 e. The predicted octanol–water partition coefficient (Wildman–Crippen LogP) is 11.1. The van der Waals surface area contributed by atoms with E-state index in [1.807, 2.05) is 0 Å². The molecule has 0 bridgehead atoms. The lowest BCUT2D eigenvalue weighted by Crippen LogP contribution is -2.12. The van der Waals surface area contributed by atoms with Crippen molar-refractivity contribution in [3.05, 3.63) is 17.9 Å². The van der Waals surface area contributed by atoms with Crippen molar-refractivity contribution in [2.45, 2.75) is 157 Å². The Morgan fingerprint density at radius 3 is 1.63 bits per heavy atom. The third-order valence-electron chi connectivity index (χ3n) is 6.79. The van der Waals surface area contributed by atoms with Crippen molar-refractivity contribution in [1.82, 2.24) is 0 Å². The minimum atomic E-state index is 0.889. The van der Waals surface area contributed by atoms with Crippen LogP contribution < -0.4 is 0 Å². The highest BCUT2D eigenvalue weighted by atomic mass is 14.2. The normalized spacial score (nSPS) is 13.3. The molecule has 0 aliphatic heterocycles. The molecule has 2 atom stereocenters. The van der Waals surface area contributed by atoms with Crippen LogP contribution >= 0.6 is 0 Å². The molecule has 0 radical (unpaired) electrons. The molecular formula is C30H58. The summed E-state index contributed by atoms with van der Waals surface area (Å²) in [6.45, 7) is 11.7. The Morgan fingerprint density at radius 2 is 1.10 bits per heavy atom. The quantitative estimate of drug-likeness (QED) is 0.121. The molecule has 0 rings (SSSR count). The van der Waals surface area contributed by atoms with Crippen LogP contribution in [0.25, 0.3) is 0 Å². The van der Waals surface area contributed by atoms with Gasteiger partial charge in [-0.15, -0.1) is 5.73 Å². The molecule has 0 aromatic rings. The first-order valence-corrected chi connectivity index (χ1v) is 14.0. The summed E-state index contributed by atoms with van der Waals surface area (Å²) in [4.78, 5) is 0. The van der Waals surface area contributed by atoms with E-state index in [2.05, 4.69) is 52.5 Å². The Morgan fingerprint density at radius 1 is 0.567 bits per heavy atom. The summed E-state index contributed by atoms with van der Waals surface area (Å²) < 4.78 is 0. The number of hydrogen-bond donors (Lipinski definition) is 0. The molecule has 0 N–H and O–H groups in total. The van der Waals surface area contributed by atoms with E-state index >= 15 is 0 Å². The number of allylic oxidation sites excluding steroid dienone is 1. The minimum absolute atomic E-state index is 0.889. The second kappa shape index (κ2) is 23.2. The standard InChI is InChI=1S/C30H58/c1-6-8-10-11-19-22-25-29(5)30(26-9-7-2)27-23-20-17-15-13-12-14-16-18-21-24-28(3)4/h8,11,28-30H,6-7,9,12-27H2,1-5H3. The van der Waals surface area contributed by atoms with Gasteiger partial charge in [0.25, 0.3) is 0 Å². The zero-order chi connectivity index (χ0) is 22.3. The van der Waals surface area contributed by atoms with Gasteiger partial charge in [0.1, 0.15) is 0 Å². The first kappa shape index (κ1) is 29.5. The van der Waals surface area contributed by atoms with Crippen LogP contribution in [0.3, 0.4) is 0 Å². The Bertz CT molecular complexity index is 385. The second-order valence-electron chi connectivity index (χ2n) is 10.3. The van der Waals surface area contributed by atoms with Gasteiger partial charge in [-0.1, -0.05) is 137 Å². The first-order chi connectivity index (χ1) is 14.6. The molecule has 0 aromatic heterocycles. The van der Waals surface area contributed by atoms with Crippen molar-refractivity contribution in [3.63, 3.8) is 0 Å². The molecule has 2 unspecified atom stereocenters. The van der Waals surface area contributed by atoms with Crippen molar-refractivity contribution < 1.29 is 0 Å². The van der Waals surface area contributed by atoms with E-state index in [0.717, 1.165) is 24.2 Å². The molecule has 0 heterocycles. The maximum Gasteiger partial charge on any atom is -0.0274 e. The summed E-state index contributed by atoms with van der Waals surface area (Å²) in [6.07, 6.45) is 31.2. The van der Waals surface area contributed by atoms with Crippen LogP contribution in [0.1, 0.15) is 157 Å². The molecule has 0 fully saturated rings. The van der Waals surface area contributed by atoms with Gasteiger partial charge in [0, 0.05) is 0 Å². The summed E-state index contributed by atoms with van der Waals surface area (Å²) in [6, 6.07) is 0. The lowest BCUT2D eigenvalue weighted by molar-refractivity contribution is 0.279. The molecule has 0 heteroatoms. The van der Waals surface area contributed by atoms with E-state index in [4.69, 9.17) is 0 Å². The van der Waals surface area contributed by atoms with Crippen LogP contribution in [0.5, 0.6) is 0 Å². The molecule has 178 valence electrons. The van der Waals surface area contributed by atoms with Gasteiger partial charge < -0.3 is 0 Å². The van der Waals surface area contributed by atoms with Gasteiger partial charge >= 0.3 is 0 Å². The van der Waals surface area contributed by atoms with Crippen LogP contribution in [0.15, 0.2) is 17.9 Å². The number of unbranched alkanes of at least 4 members (excludes halogenated alkanes) is 11. The van der Waals surface area contributed by atoms with Crippen LogP contribution in [0.4, 0.5) is 0 Å². The summed E-state index contributed by atoms with van der Waals surface area (Å²) in [5.41, 5.74) is 3.30. The second-order valence-corrected chi connectivity index (χ2v) is 10.3. The smallest absolute Gasteiger partial charge is 0.0274 e. The zero-order valence-corrected chi connectivity index (χ0v) is 21.8. The Hall–Kier alpha value is -0.480. The molecule has 0 aromatic carbocycles. The van der Waals surface area contributed by atoms with E-state index in [-0.39, 0.29) is 0 Å². The highest BCUT2D eigenvalue weighted by Crippen LogP contribution is 2.28. The summed E-state index contributed by atoms with van der Waals surface area (Å²) in [5.74, 6) is 2.75. The molecule has 30 heavy (non-hydrogen) atoms. The highest BCUT2D eigenvalue weighted by Gasteiger charge is 2.16. The maximum atomic E-state index is 3.30. The summed E-state index contributed by atoms with van der Waals surface area (Å²) in [5, 5.41) is 0. The van der Waals surface area contributed by atoms with Gasteiger partial charge in [0.15, 0.2) is 0 Å². The topological polar surface area (TPSA) is 0 Å². The van der Waals surface area contributed by atoms with Gasteiger partial charge in [0.05, 0.1) is 0 Å². The molecule has 0 aliphatic rings. The molecule has 0 aliphatic carbocycles. The van der Waals surface area contributed by atoms with E-state index in [1.165, 1.54) is 116 Å². The molecular weight excluding hydrogens is 360 g/mol. The van der Waals surface area contributed by atoms with E-state index in [1.54, 1.807) is 0 Å². The average Bonchev–Trinajstić information content (AvgIpc) is 2.73. The molecule has 0 saturated heterocycles. The summed E-state index contributed by atoms with van der Waals surface area (Å²) >= 11 is 0. The fraction of sp³-hybridized carbons (Fsp3) is 0.900. The van der Waals surface area contributed by atoms with E-state index in [0.29, 0.717) is 0 Å². The van der Waals surface area contributed by atoms with Crippen molar-refractivity contribution in [2.75, 3.05) is 0 Å². The molecule has 0 spiro atoms. The fourth-order valence-corrected chi connectivity index (χ4v) is 4.62. The van der Waals surface area contributed by atoms with Crippen LogP contribution in [-0.4, -0.2) is 0 Å². The van der Waals surface area contributed by atoms with E-state index < -0.39 is 0 Å². The lowest BCUT2D eigenvalue weighted by Gasteiger charge is -2.24. The van der Waals surface area contributed by atoms with E-state index in [9.17, 15) is 0 Å². The molecule has 0 saturated carbocycles. The Balaban J connectivity index is 3.74. The van der Waals surface area contributed by atoms with Crippen molar-refractivity contribution in [3.8, 4) is 0 Å². The number of hydrogen-bond acceptors (Lipinski definition) is 0. The third kappa shape index (κ3) is 20.8. The highest BCUT2D eigenvalue weighted by molar-refractivity contribution is 4.83. The molecule has 0 nitrogen and oxygen atoms in total. The van der Waals surface area contributed by atoms with Crippen molar-refractivity contribution in [2.24, 2.45) is 17.8 Å². The predicted molar refractivity (Wildman–Crippen MR) is 139 cm³/mol. The zero-order valence-electron chi connectivity index (χ0n) is 21.8. The summed E-state index contributed by atoms with van der Waals surface area (Å²) in [7, 11) is 0. The SMILES string of the molecule is CCC=C=CCCCC(C)C(CCCC)CCCCCCCCCCCCC(C)C. The van der Waals surface area contributed by atoms with Gasteiger partial charge in [-0.3, -0.25) is 0 Å². The Kier molecular flexibility index (Phi) is 22.8. The Labute approximate surface area is 192 Å². The maximum absolute atomic E-state index is 3.30. The molecule has 0 amide bonds. The number of rotatable bonds is 22. The first-order valence-electron chi connectivity index (χ1n) is 14.0. The van der Waals surface area contributed by atoms with Gasteiger partial charge in [-0.25, -0.2) is 0 Å². The van der Waals surface area contributed by atoms with Crippen molar-refractivity contribution >= 4 is 0 Å². The lowest BCUT2D eigenvalue weighted by atomic mass is 9.82. The van der Waals surface area contributed by atoms with Gasteiger partial charge in [-0.05, 0) is 49.2 Å². The van der Waals surface area contributed by atoms with Crippen LogP contribution in [0, 0.1) is 17.8 Å². The average molecular weight is 419 g/mol. The fourth-order valence-electron chi connectivity index (χ4n) is 4.62. The van der Waals surface area contributed by atoms with Gasteiger partial charge in [-0.2, -0.15) is 0 Å². The monoisotopic (exact) mass is 418 g/mol. The van der Waals surface area contributed by atoms with Gasteiger partial charge in [0.2, 0.25) is 0 Å². The van der Waals surface area contributed by atoms with Crippen LogP contribution in [-0.2, 0) is 0 Å². The van der Waals surface area contributed by atoms with Crippen LogP contribution in [0.2, 0.25) is 0 Å².